The van der Waals surface area contributed by atoms with E-state index in [9.17, 15) is 10.4 Å². The first kappa shape index (κ1) is 17.2. The third-order valence-corrected chi connectivity index (χ3v) is 8.88. The summed E-state index contributed by atoms with van der Waals surface area (Å²) in [6, 6.07) is 2.27. The van der Waals surface area contributed by atoms with Crippen LogP contribution < -0.4 is 0 Å². The van der Waals surface area contributed by atoms with Crippen LogP contribution >= 0.6 is 0 Å². The number of allylic oxidation sites excluding steroid dienone is 1. The summed E-state index contributed by atoms with van der Waals surface area (Å²) in [4.78, 5) is 0. The van der Waals surface area contributed by atoms with Crippen molar-refractivity contribution in [1.29, 1.82) is 5.26 Å². The Morgan fingerprint density at radius 3 is 2.69 bits per heavy atom. The molecule has 4 aliphatic carbocycles. The highest BCUT2D eigenvalue weighted by Crippen LogP contribution is 2.65. The molecule has 1 N–H and O–H groups in total. The Balaban J connectivity index is 1.41. The lowest BCUT2D eigenvalue weighted by molar-refractivity contribution is -0.166. The molecule has 0 aromatic heterocycles. The van der Waals surface area contributed by atoms with Gasteiger partial charge in [0, 0.05) is 18.3 Å². The summed E-state index contributed by atoms with van der Waals surface area (Å²) >= 11 is 0. The van der Waals surface area contributed by atoms with Gasteiger partial charge in [0.1, 0.15) is 0 Å². The zero-order valence-corrected chi connectivity index (χ0v) is 15.9. The van der Waals surface area contributed by atoms with Crippen molar-refractivity contribution in [1.82, 2.24) is 0 Å². The molecular weight excluding hydrogens is 326 g/mol. The highest BCUT2D eigenvalue weighted by atomic mass is 16.7. The third kappa shape index (κ3) is 2.23. The van der Waals surface area contributed by atoms with Gasteiger partial charge in [-0.25, -0.2) is 0 Å². The van der Waals surface area contributed by atoms with Crippen molar-refractivity contribution in [3.63, 3.8) is 0 Å². The van der Waals surface area contributed by atoms with Crippen LogP contribution in [0.25, 0.3) is 0 Å². The number of aliphatic hydroxyl groups is 1. The van der Waals surface area contributed by atoms with Crippen LogP contribution in [0.4, 0.5) is 0 Å². The second kappa shape index (κ2) is 5.80. The van der Waals surface area contributed by atoms with Gasteiger partial charge in [0.25, 0.3) is 0 Å². The first-order valence-electron chi connectivity index (χ1n) is 10.6. The highest BCUT2D eigenvalue weighted by Gasteiger charge is 2.61. The summed E-state index contributed by atoms with van der Waals surface area (Å²) in [5, 5.41) is 20.5. The van der Waals surface area contributed by atoms with Crippen LogP contribution in [0.1, 0.15) is 71.1 Å². The molecule has 1 saturated heterocycles. The van der Waals surface area contributed by atoms with Crippen molar-refractivity contribution in [3.05, 3.63) is 11.1 Å². The maximum Gasteiger partial charge on any atom is 0.172 e. The van der Waals surface area contributed by atoms with E-state index in [1.54, 1.807) is 11.1 Å². The lowest BCUT2D eigenvalue weighted by atomic mass is 9.52. The zero-order valence-electron chi connectivity index (χ0n) is 15.9. The minimum Gasteiger partial charge on any atom is -0.388 e. The summed E-state index contributed by atoms with van der Waals surface area (Å²) in [7, 11) is 0. The lowest BCUT2D eigenvalue weighted by Gasteiger charge is -2.54. The Hall–Kier alpha value is -0.890. The zero-order chi connectivity index (χ0) is 18.0. The van der Waals surface area contributed by atoms with Gasteiger partial charge in [0.2, 0.25) is 0 Å². The van der Waals surface area contributed by atoms with Gasteiger partial charge in [-0.2, -0.15) is 5.26 Å². The molecule has 0 aromatic rings. The molecule has 1 spiro atoms. The van der Waals surface area contributed by atoms with Crippen molar-refractivity contribution >= 4 is 0 Å². The van der Waals surface area contributed by atoms with E-state index >= 15 is 0 Å². The molecule has 5 atom stereocenters. The first-order chi connectivity index (χ1) is 12.5. The normalized spacial score (nSPS) is 46.6. The van der Waals surface area contributed by atoms with Crippen LogP contribution in [0.3, 0.4) is 0 Å². The van der Waals surface area contributed by atoms with Crippen LogP contribution in [-0.2, 0) is 9.47 Å². The second-order valence-corrected chi connectivity index (χ2v) is 9.69. The SMILES string of the molecule is C[C@]12CC[C@@H]3C4=C(CC[C@H]3[C@@H]1CC[C@@]2(O)CC#N)CC1(CC4)OCCO1. The largest absolute Gasteiger partial charge is 0.388 e. The van der Waals surface area contributed by atoms with Crippen molar-refractivity contribution in [2.45, 2.75) is 82.5 Å². The van der Waals surface area contributed by atoms with Crippen LogP contribution in [0.15, 0.2) is 11.1 Å². The summed E-state index contributed by atoms with van der Waals surface area (Å²) in [6.45, 7) is 3.76. The van der Waals surface area contributed by atoms with E-state index < -0.39 is 5.60 Å². The van der Waals surface area contributed by atoms with Gasteiger partial charge in [-0.15, -0.1) is 0 Å². The first-order valence-corrected chi connectivity index (χ1v) is 10.6. The fourth-order valence-electron chi connectivity index (χ4n) is 7.46. The molecule has 1 heterocycles. The van der Waals surface area contributed by atoms with Crippen LogP contribution in [-0.4, -0.2) is 29.7 Å². The maximum atomic E-state index is 11.2. The Morgan fingerprint density at radius 2 is 1.92 bits per heavy atom. The number of hydrogen-bond donors (Lipinski definition) is 1. The number of fused-ring (bicyclic) bond motifs is 4. The number of nitrogens with zero attached hydrogens (tertiary/aromatic N) is 1. The second-order valence-electron chi connectivity index (χ2n) is 9.69. The van der Waals surface area contributed by atoms with Crippen molar-refractivity contribution < 1.29 is 14.6 Å². The predicted octanol–water partition coefficient (Wildman–Crippen LogP) is 4.09. The minimum absolute atomic E-state index is 0.0739. The predicted molar refractivity (Wildman–Crippen MR) is 97.0 cm³/mol. The number of hydrogen-bond acceptors (Lipinski definition) is 4. The molecule has 0 radical (unpaired) electrons. The molecule has 5 rings (SSSR count). The molecule has 4 nitrogen and oxygen atoms in total. The van der Waals surface area contributed by atoms with Gasteiger partial charge in [0.15, 0.2) is 5.79 Å². The van der Waals surface area contributed by atoms with Gasteiger partial charge >= 0.3 is 0 Å². The summed E-state index contributed by atoms with van der Waals surface area (Å²) in [5.74, 6) is 1.65. The van der Waals surface area contributed by atoms with E-state index in [2.05, 4.69) is 13.0 Å². The van der Waals surface area contributed by atoms with E-state index in [0.717, 1.165) is 51.7 Å². The smallest absolute Gasteiger partial charge is 0.172 e. The van der Waals surface area contributed by atoms with Crippen molar-refractivity contribution in [3.8, 4) is 6.07 Å². The van der Waals surface area contributed by atoms with E-state index in [-0.39, 0.29) is 11.2 Å². The molecule has 0 bridgehead atoms. The standard InChI is InChI=1S/C22H31NO3/c1-20-7-4-17-16-5-9-22(25-12-13-26-22)14-15(16)2-3-18(17)19(20)6-8-21(20,24)10-11-23/h17-19,24H,2-10,12-14H2,1H3/t17-,18-,19+,20+,21-/m1/s1. The topological polar surface area (TPSA) is 62.5 Å². The molecule has 1 aliphatic heterocycles. The van der Waals surface area contributed by atoms with Gasteiger partial charge in [-0.1, -0.05) is 18.1 Å². The number of nitriles is 1. The molecule has 5 aliphatic rings. The van der Waals surface area contributed by atoms with E-state index in [0.29, 0.717) is 24.2 Å². The monoisotopic (exact) mass is 357 g/mol. The van der Waals surface area contributed by atoms with E-state index in [1.165, 1.54) is 19.3 Å². The maximum absolute atomic E-state index is 11.2. The van der Waals surface area contributed by atoms with Crippen LogP contribution in [0.5, 0.6) is 0 Å². The lowest BCUT2D eigenvalue weighted by Crippen LogP contribution is -2.51. The molecule has 26 heavy (non-hydrogen) atoms. The molecule has 0 aromatic carbocycles. The van der Waals surface area contributed by atoms with Gasteiger partial charge in [0.05, 0.1) is 31.3 Å². The highest BCUT2D eigenvalue weighted by molar-refractivity contribution is 5.29. The fraction of sp³-hybridized carbons (Fsp3) is 0.864. The number of rotatable bonds is 1. The molecule has 3 fully saturated rings. The van der Waals surface area contributed by atoms with Crippen molar-refractivity contribution in [2.75, 3.05) is 13.2 Å². The summed E-state index contributed by atoms with van der Waals surface area (Å²) in [6.07, 6.45) is 9.96. The Labute approximate surface area is 156 Å². The summed E-state index contributed by atoms with van der Waals surface area (Å²) < 4.78 is 12.0. The minimum atomic E-state index is -0.770. The molecule has 0 unspecified atom stereocenters. The molecule has 4 heteroatoms. The molecule has 2 saturated carbocycles. The van der Waals surface area contributed by atoms with Crippen LogP contribution in [0, 0.1) is 34.5 Å². The average Bonchev–Trinajstić information content (AvgIpc) is 3.18. The summed E-state index contributed by atoms with van der Waals surface area (Å²) in [5.41, 5.74) is 2.49. The molecular formula is C22H31NO3. The van der Waals surface area contributed by atoms with Gasteiger partial charge < -0.3 is 14.6 Å². The third-order valence-electron chi connectivity index (χ3n) is 8.88. The van der Waals surface area contributed by atoms with E-state index in [4.69, 9.17) is 9.47 Å². The van der Waals surface area contributed by atoms with Gasteiger partial charge in [-0.3, -0.25) is 0 Å². The van der Waals surface area contributed by atoms with Crippen LogP contribution in [0.2, 0.25) is 0 Å². The Bertz CT molecular complexity index is 673. The van der Waals surface area contributed by atoms with E-state index in [1.807, 2.05) is 0 Å². The van der Waals surface area contributed by atoms with Crippen molar-refractivity contribution in [2.24, 2.45) is 23.2 Å². The Morgan fingerprint density at radius 1 is 1.12 bits per heavy atom. The number of ether oxygens (including phenoxy) is 2. The quantitative estimate of drug-likeness (QED) is 0.718. The molecule has 142 valence electrons. The molecule has 0 amide bonds. The van der Waals surface area contributed by atoms with Gasteiger partial charge in [-0.05, 0) is 62.7 Å². The fourth-order valence-corrected chi connectivity index (χ4v) is 7.46. The average molecular weight is 357 g/mol. The Kier molecular flexibility index (Phi) is 3.84.